The molecular formula is C13H14F2N2O3. The minimum absolute atomic E-state index is 0.0143. The number of hydrogen-bond donors (Lipinski definition) is 2. The first kappa shape index (κ1) is 13.1. The van der Waals surface area contributed by atoms with Crippen LogP contribution < -0.4 is 4.74 Å². The number of alkyl halides is 2. The molecule has 1 fully saturated rings. The molecule has 3 rings (SSSR count). The Kier molecular flexibility index (Phi) is 2.82. The lowest BCUT2D eigenvalue weighted by molar-refractivity contribution is -0.0539. The Morgan fingerprint density at radius 2 is 2.15 bits per heavy atom. The molecule has 20 heavy (non-hydrogen) atoms. The molecule has 0 atom stereocenters. The number of rotatable bonds is 3. The summed E-state index contributed by atoms with van der Waals surface area (Å²) in [7, 11) is 0. The Morgan fingerprint density at radius 3 is 2.75 bits per heavy atom. The molecule has 5 nitrogen and oxygen atoms in total. The van der Waals surface area contributed by atoms with Crippen molar-refractivity contribution in [1.29, 1.82) is 0 Å². The fraction of sp³-hybridized carbons (Fsp3) is 0.462. The molecule has 0 aliphatic heterocycles. The number of imidazole rings is 1. The Hall–Kier alpha value is -1.89. The van der Waals surface area contributed by atoms with Crippen LogP contribution in [0.2, 0.25) is 0 Å². The van der Waals surface area contributed by atoms with Gasteiger partial charge in [-0.15, -0.1) is 0 Å². The second-order valence-electron chi connectivity index (χ2n) is 5.40. The largest absolute Gasteiger partial charge is 0.508 e. The second-order valence-corrected chi connectivity index (χ2v) is 5.40. The summed E-state index contributed by atoms with van der Waals surface area (Å²) in [6.45, 7) is -1.25. The molecule has 108 valence electrons. The zero-order valence-corrected chi connectivity index (χ0v) is 10.8. The predicted octanol–water partition coefficient (Wildman–Crippen LogP) is 2.43. The maximum atomic E-state index is 12.5. The van der Waals surface area contributed by atoms with E-state index in [-0.39, 0.29) is 17.5 Å². The monoisotopic (exact) mass is 284 g/mol. The number of phenolic OH excluding ortho intramolecular Hbond substituents is 1. The quantitative estimate of drug-likeness (QED) is 0.908. The van der Waals surface area contributed by atoms with Crippen LogP contribution in [0.25, 0.3) is 11.0 Å². The fourth-order valence-corrected chi connectivity index (χ4v) is 2.73. The van der Waals surface area contributed by atoms with Crippen molar-refractivity contribution in [3.63, 3.8) is 0 Å². The normalized spacial score (nSPS) is 25.9. The first-order valence-electron chi connectivity index (χ1n) is 6.22. The van der Waals surface area contributed by atoms with Crippen molar-refractivity contribution in [2.75, 3.05) is 0 Å². The Labute approximate surface area is 113 Å². The third-order valence-corrected chi connectivity index (χ3v) is 3.58. The number of ether oxygens (including phenoxy) is 1. The lowest BCUT2D eigenvalue weighted by Crippen LogP contribution is -2.41. The number of benzene rings is 1. The van der Waals surface area contributed by atoms with Crippen LogP contribution in [0.15, 0.2) is 18.5 Å². The summed E-state index contributed by atoms with van der Waals surface area (Å²) in [5, 5.41) is 19.3. The molecule has 0 amide bonds. The van der Waals surface area contributed by atoms with Gasteiger partial charge in [0.15, 0.2) is 5.75 Å². The lowest BCUT2D eigenvalue weighted by atomic mass is 9.77. The van der Waals surface area contributed by atoms with Gasteiger partial charge in [-0.25, -0.2) is 4.98 Å². The van der Waals surface area contributed by atoms with Crippen molar-refractivity contribution in [3.8, 4) is 11.5 Å². The van der Waals surface area contributed by atoms with Crippen molar-refractivity contribution in [2.24, 2.45) is 0 Å². The molecule has 1 saturated carbocycles. The number of fused-ring (bicyclic) bond motifs is 1. The molecule has 2 N–H and O–H groups in total. The fourth-order valence-electron chi connectivity index (χ4n) is 2.73. The number of nitrogens with zero attached hydrogens (tertiary/aromatic N) is 2. The molecule has 2 aromatic rings. The number of hydrogen-bond acceptors (Lipinski definition) is 4. The van der Waals surface area contributed by atoms with Gasteiger partial charge in [-0.1, -0.05) is 0 Å². The van der Waals surface area contributed by atoms with Gasteiger partial charge in [0.05, 0.1) is 17.4 Å². The number of aromatic hydroxyl groups is 1. The molecule has 1 aromatic heterocycles. The highest BCUT2D eigenvalue weighted by Gasteiger charge is 2.40. The van der Waals surface area contributed by atoms with E-state index in [0.29, 0.717) is 23.9 Å². The average molecular weight is 284 g/mol. The Bertz CT molecular complexity index is 646. The average Bonchev–Trinajstić information content (AvgIpc) is 2.68. The van der Waals surface area contributed by atoms with E-state index in [1.54, 1.807) is 11.5 Å². The first-order valence-corrected chi connectivity index (χ1v) is 6.22. The standard InChI is InChI=1S/C13H14F2N2O3/c1-13(19)4-7(5-13)17-6-16-9-2-8(18)3-10(11(9)17)20-12(14)15/h2-3,6-7,12,18-19H,4-5H2,1H3. The number of halogens is 2. The number of phenols is 1. The second kappa shape index (κ2) is 4.31. The van der Waals surface area contributed by atoms with Crippen molar-refractivity contribution in [2.45, 2.75) is 38.0 Å². The van der Waals surface area contributed by atoms with Gasteiger partial charge in [-0.05, 0) is 19.8 Å². The zero-order chi connectivity index (χ0) is 14.5. The third-order valence-electron chi connectivity index (χ3n) is 3.58. The van der Waals surface area contributed by atoms with Crippen molar-refractivity contribution >= 4 is 11.0 Å². The molecule has 0 radical (unpaired) electrons. The molecule has 0 saturated heterocycles. The molecule has 7 heteroatoms. The summed E-state index contributed by atoms with van der Waals surface area (Å²) < 4.78 is 31.1. The van der Waals surface area contributed by atoms with Crippen LogP contribution >= 0.6 is 0 Å². The van der Waals surface area contributed by atoms with E-state index in [0.717, 1.165) is 6.07 Å². The van der Waals surface area contributed by atoms with Crippen LogP contribution in [0.5, 0.6) is 11.5 Å². The number of aromatic nitrogens is 2. The van der Waals surface area contributed by atoms with Crippen LogP contribution in [-0.4, -0.2) is 32.0 Å². The topological polar surface area (TPSA) is 67.5 Å². The smallest absolute Gasteiger partial charge is 0.387 e. The predicted molar refractivity (Wildman–Crippen MR) is 66.9 cm³/mol. The zero-order valence-electron chi connectivity index (χ0n) is 10.8. The van der Waals surface area contributed by atoms with Gasteiger partial charge in [0.1, 0.15) is 11.3 Å². The van der Waals surface area contributed by atoms with Gasteiger partial charge in [-0.3, -0.25) is 0 Å². The van der Waals surface area contributed by atoms with E-state index in [1.165, 1.54) is 12.4 Å². The maximum Gasteiger partial charge on any atom is 0.387 e. The Balaban J connectivity index is 2.05. The summed E-state index contributed by atoms with van der Waals surface area (Å²) in [5.74, 6) is -0.293. The van der Waals surface area contributed by atoms with Gasteiger partial charge in [0.2, 0.25) is 0 Å². The van der Waals surface area contributed by atoms with E-state index in [1.807, 2.05) is 0 Å². The van der Waals surface area contributed by atoms with Crippen LogP contribution in [0.4, 0.5) is 8.78 Å². The lowest BCUT2D eigenvalue weighted by Gasteiger charge is -2.41. The highest BCUT2D eigenvalue weighted by molar-refractivity contribution is 5.84. The van der Waals surface area contributed by atoms with Crippen molar-refractivity contribution in [3.05, 3.63) is 18.5 Å². The Morgan fingerprint density at radius 1 is 1.45 bits per heavy atom. The molecule has 1 aliphatic carbocycles. The van der Waals surface area contributed by atoms with E-state index in [2.05, 4.69) is 9.72 Å². The molecule has 0 unspecified atom stereocenters. The summed E-state index contributed by atoms with van der Waals surface area (Å²) in [6.07, 6.45) is 2.56. The van der Waals surface area contributed by atoms with E-state index in [9.17, 15) is 19.0 Å². The van der Waals surface area contributed by atoms with Gasteiger partial charge in [-0.2, -0.15) is 8.78 Å². The summed E-state index contributed by atoms with van der Waals surface area (Å²) in [4.78, 5) is 4.09. The van der Waals surface area contributed by atoms with Gasteiger partial charge < -0.3 is 19.5 Å². The third kappa shape index (κ3) is 2.18. The van der Waals surface area contributed by atoms with E-state index < -0.39 is 12.2 Å². The van der Waals surface area contributed by atoms with Crippen LogP contribution in [0.1, 0.15) is 25.8 Å². The summed E-state index contributed by atoms with van der Waals surface area (Å²) in [6, 6.07) is 2.52. The van der Waals surface area contributed by atoms with Gasteiger partial charge in [0, 0.05) is 18.2 Å². The molecular weight excluding hydrogens is 270 g/mol. The van der Waals surface area contributed by atoms with Crippen molar-refractivity contribution in [1.82, 2.24) is 9.55 Å². The van der Waals surface area contributed by atoms with Crippen LogP contribution in [0.3, 0.4) is 0 Å². The molecule has 0 spiro atoms. The maximum absolute atomic E-state index is 12.5. The van der Waals surface area contributed by atoms with E-state index in [4.69, 9.17) is 0 Å². The highest BCUT2D eigenvalue weighted by atomic mass is 19.3. The van der Waals surface area contributed by atoms with Gasteiger partial charge >= 0.3 is 6.61 Å². The van der Waals surface area contributed by atoms with Gasteiger partial charge in [0.25, 0.3) is 0 Å². The molecule has 1 aromatic carbocycles. The minimum Gasteiger partial charge on any atom is -0.508 e. The molecule has 1 aliphatic rings. The minimum atomic E-state index is -2.98. The van der Waals surface area contributed by atoms with Crippen LogP contribution in [0, 0.1) is 0 Å². The molecule has 1 heterocycles. The van der Waals surface area contributed by atoms with E-state index >= 15 is 0 Å². The SMILES string of the molecule is CC1(O)CC(n2cnc3cc(O)cc(OC(F)F)c32)C1. The first-order chi connectivity index (χ1) is 9.35. The number of aliphatic hydroxyl groups is 1. The van der Waals surface area contributed by atoms with Crippen molar-refractivity contribution < 1.29 is 23.7 Å². The molecule has 0 bridgehead atoms. The summed E-state index contributed by atoms with van der Waals surface area (Å²) in [5.41, 5.74) is 0.0536. The van der Waals surface area contributed by atoms with Crippen LogP contribution in [-0.2, 0) is 0 Å². The highest BCUT2D eigenvalue weighted by Crippen LogP contribution is 2.44. The summed E-state index contributed by atoms with van der Waals surface area (Å²) >= 11 is 0.